The van der Waals surface area contributed by atoms with Gasteiger partial charge in [-0.1, -0.05) is 0 Å². The van der Waals surface area contributed by atoms with Crippen LogP contribution in [0.5, 0.6) is 5.75 Å². The van der Waals surface area contributed by atoms with Gasteiger partial charge in [0.1, 0.15) is 24.3 Å². The maximum atomic E-state index is 12.8. The minimum atomic E-state index is -0.296. The standard InChI is InChI=1S/C18H20FNO3S/c1-20(8-10-22-15-4-2-14(19)3-5-15)17(21)12-16-18-13(6-9-23-16)7-11-24-18/h2-5,7,11,16H,6,8-10,12H2,1H3. The van der Waals surface area contributed by atoms with Crippen LogP contribution in [0.3, 0.4) is 0 Å². The number of ether oxygens (including phenoxy) is 2. The molecule has 2 aromatic rings. The summed E-state index contributed by atoms with van der Waals surface area (Å²) in [5, 5.41) is 2.05. The van der Waals surface area contributed by atoms with Crippen LogP contribution in [0.2, 0.25) is 0 Å². The van der Waals surface area contributed by atoms with Crippen molar-refractivity contribution in [1.82, 2.24) is 4.90 Å². The Morgan fingerprint density at radius 2 is 2.17 bits per heavy atom. The Balaban J connectivity index is 1.46. The van der Waals surface area contributed by atoms with E-state index in [2.05, 4.69) is 11.4 Å². The van der Waals surface area contributed by atoms with Gasteiger partial charge in [-0.3, -0.25) is 4.79 Å². The highest BCUT2D eigenvalue weighted by Crippen LogP contribution is 2.34. The van der Waals surface area contributed by atoms with Crippen LogP contribution in [0, 0.1) is 5.82 Å². The number of halogens is 1. The van der Waals surface area contributed by atoms with Crippen LogP contribution in [0.1, 0.15) is 23.0 Å². The zero-order valence-electron chi connectivity index (χ0n) is 13.5. The Bertz CT molecular complexity index is 686. The molecule has 1 aliphatic rings. The molecule has 0 radical (unpaired) electrons. The molecule has 1 aliphatic heterocycles. The largest absolute Gasteiger partial charge is 0.492 e. The second-order valence-electron chi connectivity index (χ2n) is 5.74. The molecule has 128 valence electrons. The van der Waals surface area contributed by atoms with Crippen LogP contribution in [-0.2, 0) is 16.0 Å². The van der Waals surface area contributed by atoms with E-state index in [0.717, 1.165) is 6.42 Å². The average Bonchev–Trinajstić information content (AvgIpc) is 3.06. The first-order valence-corrected chi connectivity index (χ1v) is 8.81. The zero-order chi connectivity index (χ0) is 16.9. The number of fused-ring (bicyclic) bond motifs is 1. The number of nitrogens with zero attached hydrogens (tertiary/aromatic N) is 1. The summed E-state index contributed by atoms with van der Waals surface area (Å²) in [6, 6.07) is 7.96. The van der Waals surface area contributed by atoms with Gasteiger partial charge in [0.2, 0.25) is 5.91 Å². The lowest BCUT2D eigenvalue weighted by atomic mass is 10.1. The highest BCUT2D eigenvalue weighted by atomic mass is 32.1. The monoisotopic (exact) mass is 349 g/mol. The quantitative estimate of drug-likeness (QED) is 0.802. The lowest BCUT2D eigenvalue weighted by molar-refractivity contribution is -0.133. The van der Waals surface area contributed by atoms with Gasteiger partial charge in [0.05, 0.1) is 19.6 Å². The molecule has 3 rings (SSSR count). The van der Waals surface area contributed by atoms with E-state index in [-0.39, 0.29) is 17.8 Å². The van der Waals surface area contributed by atoms with E-state index in [1.54, 1.807) is 35.4 Å². The molecule has 2 heterocycles. The van der Waals surface area contributed by atoms with Crippen molar-refractivity contribution in [2.75, 3.05) is 26.8 Å². The summed E-state index contributed by atoms with van der Waals surface area (Å²) >= 11 is 1.65. The van der Waals surface area contributed by atoms with Crippen LogP contribution < -0.4 is 4.74 Å². The molecule has 4 nitrogen and oxygen atoms in total. The Morgan fingerprint density at radius 1 is 1.38 bits per heavy atom. The predicted molar refractivity (Wildman–Crippen MR) is 90.9 cm³/mol. The first kappa shape index (κ1) is 16.9. The normalized spacial score (nSPS) is 16.5. The van der Waals surface area contributed by atoms with Crippen molar-refractivity contribution in [3.05, 3.63) is 52.0 Å². The topological polar surface area (TPSA) is 38.8 Å². The van der Waals surface area contributed by atoms with Crippen LogP contribution in [0.4, 0.5) is 4.39 Å². The third-order valence-corrected chi connectivity index (χ3v) is 5.11. The molecule has 0 saturated heterocycles. The molecule has 0 aliphatic carbocycles. The van der Waals surface area contributed by atoms with E-state index in [0.29, 0.717) is 31.9 Å². The summed E-state index contributed by atoms with van der Waals surface area (Å²) in [5.41, 5.74) is 1.30. The second-order valence-corrected chi connectivity index (χ2v) is 6.69. The van der Waals surface area contributed by atoms with E-state index in [4.69, 9.17) is 9.47 Å². The Hall–Kier alpha value is -1.92. The lowest BCUT2D eigenvalue weighted by Crippen LogP contribution is -2.32. The van der Waals surface area contributed by atoms with Crippen molar-refractivity contribution in [2.45, 2.75) is 18.9 Å². The predicted octanol–water partition coefficient (Wildman–Crippen LogP) is 3.43. The van der Waals surface area contributed by atoms with Gasteiger partial charge in [-0.05, 0) is 47.7 Å². The van der Waals surface area contributed by atoms with Gasteiger partial charge in [-0.15, -0.1) is 11.3 Å². The number of carbonyl (C=O) groups excluding carboxylic acids is 1. The molecule has 24 heavy (non-hydrogen) atoms. The van der Waals surface area contributed by atoms with Crippen molar-refractivity contribution in [2.24, 2.45) is 0 Å². The van der Waals surface area contributed by atoms with Gasteiger partial charge in [-0.2, -0.15) is 0 Å². The fourth-order valence-corrected chi connectivity index (χ4v) is 3.65. The summed E-state index contributed by atoms with van der Waals surface area (Å²) in [6.07, 6.45) is 1.13. The zero-order valence-corrected chi connectivity index (χ0v) is 14.4. The third-order valence-electron chi connectivity index (χ3n) is 4.06. The number of thiophene rings is 1. The molecule has 0 saturated carbocycles. The number of likely N-dealkylation sites (N-methyl/N-ethyl adjacent to an activating group) is 1. The van der Waals surface area contributed by atoms with Crippen LogP contribution in [-0.4, -0.2) is 37.6 Å². The van der Waals surface area contributed by atoms with E-state index >= 15 is 0 Å². The molecule has 1 amide bonds. The number of carbonyl (C=O) groups is 1. The van der Waals surface area contributed by atoms with Crippen molar-refractivity contribution >= 4 is 17.2 Å². The maximum Gasteiger partial charge on any atom is 0.225 e. The smallest absolute Gasteiger partial charge is 0.225 e. The number of hydrogen-bond acceptors (Lipinski definition) is 4. The van der Waals surface area contributed by atoms with E-state index < -0.39 is 0 Å². The van der Waals surface area contributed by atoms with Crippen molar-refractivity contribution in [1.29, 1.82) is 0 Å². The number of amides is 1. The highest BCUT2D eigenvalue weighted by molar-refractivity contribution is 7.10. The summed E-state index contributed by atoms with van der Waals surface area (Å²) < 4.78 is 24.1. The first-order chi connectivity index (χ1) is 11.6. The Kier molecular flexibility index (Phi) is 5.48. The SMILES string of the molecule is CN(CCOc1ccc(F)cc1)C(=O)CC1OCCc2ccsc21. The van der Waals surface area contributed by atoms with Crippen LogP contribution in [0.25, 0.3) is 0 Å². The van der Waals surface area contributed by atoms with Crippen molar-refractivity contribution in [3.8, 4) is 5.75 Å². The molecule has 1 unspecified atom stereocenters. The Morgan fingerprint density at radius 3 is 2.96 bits per heavy atom. The van der Waals surface area contributed by atoms with E-state index in [1.807, 2.05) is 0 Å². The highest BCUT2D eigenvalue weighted by Gasteiger charge is 2.25. The van der Waals surface area contributed by atoms with Gasteiger partial charge in [0.15, 0.2) is 0 Å². The van der Waals surface area contributed by atoms with Gasteiger partial charge in [0.25, 0.3) is 0 Å². The molecule has 0 fully saturated rings. The number of hydrogen-bond donors (Lipinski definition) is 0. The van der Waals surface area contributed by atoms with Gasteiger partial charge in [-0.25, -0.2) is 4.39 Å². The van der Waals surface area contributed by atoms with Crippen LogP contribution >= 0.6 is 11.3 Å². The van der Waals surface area contributed by atoms with Gasteiger partial charge >= 0.3 is 0 Å². The van der Waals surface area contributed by atoms with Gasteiger partial charge < -0.3 is 14.4 Å². The number of rotatable bonds is 6. The fraction of sp³-hybridized carbons (Fsp3) is 0.389. The average molecular weight is 349 g/mol. The number of benzene rings is 1. The Labute approximate surface area is 144 Å². The van der Waals surface area contributed by atoms with Crippen molar-refractivity contribution in [3.63, 3.8) is 0 Å². The third kappa shape index (κ3) is 4.13. The molecule has 1 aromatic heterocycles. The minimum absolute atomic E-state index is 0.0314. The molecule has 0 spiro atoms. The molecular weight excluding hydrogens is 329 g/mol. The summed E-state index contributed by atoms with van der Waals surface area (Å²) in [5.74, 6) is 0.329. The second kappa shape index (κ2) is 7.77. The molecule has 1 atom stereocenters. The van der Waals surface area contributed by atoms with Gasteiger partial charge in [0, 0.05) is 11.9 Å². The summed E-state index contributed by atoms with van der Waals surface area (Å²) in [6.45, 7) is 1.50. The lowest BCUT2D eigenvalue weighted by Gasteiger charge is -2.25. The maximum absolute atomic E-state index is 12.8. The first-order valence-electron chi connectivity index (χ1n) is 7.93. The van der Waals surface area contributed by atoms with E-state index in [1.165, 1.54) is 22.6 Å². The summed E-state index contributed by atoms with van der Waals surface area (Å²) in [7, 11) is 1.76. The molecule has 6 heteroatoms. The van der Waals surface area contributed by atoms with Crippen molar-refractivity contribution < 1.29 is 18.7 Å². The molecule has 0 N–H and O–H groups in total. The van der Waals surface area contributed by atoms with E-state index in [9.17, 15) is 9.18 Å². The fourth-order valence-electron chi connectivity index (χ4n) is 2.65. The van der Waals surface area contributed by atoms with Crippen LogP contribution in [0.15, 0.2) is 35.7 Å². The molecule has 0 bridgehead atoms. The molecular formula is C18H20FNO3S. The summed E-state index contributed by atoms with van der Waals surface area (Å²) in [4.78, 5) is 15.2. The minimum Gasteiger partial charge on any atom is -0.492 e. The molecule has 1 aromatic carbocycles.